The molecule has 0 atom stereocenters. The normalized spacial score (nSPS) is 11.6. The summed E-state index contributed by atoms with van der Waals surface area (Å²) in [7, 11) is -3.53. The summed E-state index contributed by atoms with van der Waals surface area (Å²) in [5.41, 5.74) is 1.51. The third-order valence-corrected chi connectivity index (χ3v) is 8.14. The van der Waals surface area contributed by atoms with E-state index in [4.69, 9.17) is 11.6 Å². The summed E-state index contributed by atoms with van der Waals surface area (Å²) in [5, 5.41) is 0.904. The van der Waals surface area contributed by atoms with Gasteiger partial charge in [-0.25, -0.2) is 17.8 Å². The standard InChI is InChI=1S/C24H20ClFN2O3S2/c25-18-8-11-20(12-9-18)33(30,31)14-4-7-23(29)28(16-17-5-2-1-3-6-17)24-27-21-13-10-19(26)15-22(21)32-24/h1-3,5-6,8-13,15H,4,7,14,16H2. The Hall–Kier alpha value is -2.81. The molecule has 4 aromatic rings. The van der Waals surface area contributed by atoms with Gasteiger partial charge in [0.15, 0.2) is 15.0 Å². The van der Waals surface area contributed by atoms with Crippen molar-refractivity contribution < 1.29 is 17.6 Å². The summed E-state index contributed by atoms with van der Waals surface area (Å²) in [5.74, 6) is -0.777. The van der Waals surface area contributed by atoms with Crippen LogP contribution in [0.1, 0.15) is 18.4 Å². The van der Waals surface area contributed by atoms with Crippen molar-refractivity contribution in [3.05, 3.63) is 89.2 Å². The van der Waals surface area contributed by atoms with Crippen LogP contribution in [0.15, 0.2) is 77.7 Å². The van der Waals surface area contributed by atoms with Crippen molar-refractivity contribution in [2.45, 2.75) is 24.3 Å². The van der Waals surface area contributed by atoms with Gasteiger partial charge < -0.3 is 0 Å². The lowest BCUT2D eigenvalue weighted by molar-refractivity contribution is -0.118. The molecule has 0 N–H and O–H groups in total. The second kappa shape index (κ2) is 9.99. The fourth-order valence-electron chi connectivity index (χ4n) is 3.34. The quantitative estimate of drug-likeness (QED) is 0.302. The molecule has 0 bridgehead atoms. The van der Waals surface area contributed by atoms with Gasteiger partial charge in [-0.15, -0.1) is 0 Å². The fourth-order valence-corrected chi connectivity index (χ4v) is 5.78. The number of amides is 1. The van der Waals surface area contributed by atoms with Crippen LogP contribution in [-0.2, 0) is 21.2 Å². The zero-order chi connectivity index (χ0) is 23.4. The Kier molecular flexibility index (Phi) is 7.07. The molecule has 0 radical (unpaired) electrons. The first-order valence-corrected chi connectivity index (χ1v) is 13.1. The highest BCUT2D eigenvalue weighted by Gasteiger charge is 2.22. The minimum atomic E-state index is -3.53. The summed E-state index contributed by atoms with van der Waals surface area (Å²) in [6.07, 6.45) is 0.193. The molecule has 3 aromatic carbocycles. The molecular weight excluding hydrogens is 483 g/mol. The largest absolute Gasteiger partial charge is 0.284 e. The van der Waals surface area contributed by atoms with E-state index in [9.17, 15) is 17.6 Å². The van der Waals surface area contributed by atoms with Gasteiger partial charge in [0.2, 0.25) is 5.91 Å². The Balaban J connectivity index is 1.52. The van der Waals surface area contributed by atoms with Crippen LogP contribution >= 0.6 is 22.9 Å². The van der Waals surface area contributed by atoms with Crippen LogP contribution in [0, 0.1) is 5.82 Å². The number of hydrogen-bond donors (Lipinski definition) is 0. The monoisotopic (exact) mass is 502 g/mol. The highest BCUT2D eigenvalue weighted by atomic mass is 35.5. The van der Waals surface area contributed by atoms with E-state index < -0.39 is 9.84 Å². The van der Waals surface area contributed by atoms with E-state index >= 15 is 0 Å². The van der Waals surface area contributed by atoms with Crippen LogP contribution in [0.5, 0.6) is 0 Å². The minimum Gasteiger partial charge on any atom is -0.284 e. The first-order chi connectivity index (χ1) is 15.8. The smallest absolute Gasteiger partial charge is 0.229 e. The predicted octanol–water partition coefficient (Wildman–Crippen LogP) is 5.88. The van der Waals surface area contributed by atoms with Crippen LogP contribution in [0.2, 0.25) is 5.02 Å². The molecule has 0 aliphatic rings. The van der Waals surface area contributed by atoms with Gasteiger partial charge in [-0.2, -0.15) is 0 Å². The van der Waals surface area contributed by atoms with Crippen LogP contribution < -0.4 is 4.90 Å². The lowest BCUT2D eigenvalue weighted by atomic mass is 10.2. The van der Waals surface area contributed by atoms with Gasteiger partial charge in [0, 0.05) is 11.4 Å². The lowest BCUT2D eigenvalue weighted by Gasteiger charge is -2.20. The van der Waals surface area contributed by atoms with Crippen molar-refractivity contribution in [3.63, 3.8) is 0 Å². The van der Waals surface area contributed by atoms with E-state index in [0.717, 1.165) is 5.56 Å². The Morgan fingerprint density at radius 1 is 1.03 bits per heavy atom. The molecule has 1 aromatic heterocycles. The van der Waals surface area contributed by atoms with E-state index in [0.29, 0.717) is 20.4 Å². The van der Waals surface area contributed by atoms with Crippen molar-refractivity contribution in [2.75, 3.05) is 10.7 Å². The van der Waals surface area contributed by atoms with Gasteiger partial charge in [0.1, 0.15) is 5.82 Å². The van der Waals surface area contributed by atoms with Gasteiger partial charge in [-0.3, -0.25) is 9.69 Å². The molecule has 0 saturated carbocycles. The van der Waals surface area contributed by atoms with E-state index in [1.807, 2.05) is 30.3 Å². The SMILES string of the molecule is O=C(CCCS(=O)(=O)c1ccc(Cl)cc1)N(Cc1ccccc1)c1nc2ccc(F)cc2s1. The second-order valence-corrected chi connectivity index (χ2v) is 11.0. The topological polar surface area (TPSA) is 67.3 Å². The van der Waals surface area contributed by atoms with Gasteiger partial charge in [-0.05, 0) is 54.4 Å². The molecule has 33 heavy (non-hydrogen) atoms. The highest BCUT2D eigenvalue weighted by molar-refractivity contribution is 7.91. The highest BCUT2D eigenvalue weighted by Crippen LogP contribution is 2.31. The van der Waals surface area contributed by atoms with Crippen molar-refractivity contribution in [3.8, 4) is 0 Å². The molecule has 0 spiro atoms. The minimum absolute atomic E-state index is 0.0317. The van der Waals surface area contributed by atoms with Gasteiger partial charge in [0.25, 0.3) is 0 Å². The first-order valence-electron chi connectivity index (χ1n) is 10.2. The number of aromatic nitrogens is 1. The summed E-state index contributed by atoms with van der Waals surface area (Å²) in [6.45, 7) is 0.284. The number of sulfone groups is 1. The Morgan fingerprint density at radius 2 is 1.76 bits per heavy atom. The number of anilines is 1. The number of hydrogen-bond acceptors (Lipinski definition) is 5. The molecule has 0 aliphatic carbocycles. The third kappa shape index (κ3) is 5.76. The number of halogens is 2. The Bertz CT molecular complexity index is 1370. The average molecular weight is 503 g/mol. The van der Waals surface area contributed by atoms with Crippen molar-refractivity contribution in [2.24, 2.45) is 0 Å². The molecule has 9 heteroatoms. The molecule has 5 nitrogen and oxygen atoms in total. The van der Waals surface area contributed by atoms with Crippen LogP contribution in [0.3, 0.4) is 0 Å². The predicted molar refractivity (Wildman–Crippen MR) is 130 cm³/mol. The molecule has 0 aliphatic heterocycles. The van der Waals surface area contributed by atoms with Crippen molar-refractivity contribution in [1.29, 1.82) is 0 Å². The number of benzene rings is 3. The number of nitrogens with zero attached hydrogens (tertiary/aromatic N) is 2. The summed E-state index contributed by atoms with van der Waals surface area (Å²) < 4.78 is 39.4. The number of carbonyl (C=O) groups excluding carboxylic acids is 1. The number of fused-ring (bicyclic) bond motifs is 1. The maximum atomic E-state index is 13.6. The molecule has 4 rings (SSSR count). The molecule has 1 heterocycles. The van der Waals surface area contributed by atoms with Gasteiger partial charge >= 0.3 is 0 Å². The first kappa shape index (κ1) is 23.4. The van der Waals surface area contributed by atoms with E-state index in [1.54, 1.807) is 6.07 Å². The third-order valence-electron chi connectivity index (χ3n) is 5.03. The summed E-state index contributed by atoms with van der Waals surface area (Å²) in [6, 6.07) is 19.7. The summed E-state index contributed by atoms with van der Waals surface area (Å²) >= 11 is 7.06. The average Bonchev–Trinajstić information content (AvgIpc) is 3.21. The van der Waals surface area contributed by atoms with Gasteiger partial charge in [-0.1, -0.05) is 53.3 Å². The molecule has 0 unspecified atom stereocenters. The zero-order valence-corrected chi connectivity index (χ0v) is 19.8. The van der Waals surface area contributed by atoms with Gasteiger partial charge in [0.05, 0.1) is 27.4 Å². The lowest BCUT2D eigenvalue weighted by Crippen LogP contribution is -2.30. The van der Waals surface area contributed by atoms with E-state index in [2.05, 4.69) is 4.98 Å². The van der Waals surface area contributed by atoms with Crippen molar-refractivity contribution in [1.82, 2.24) is 4.98 Å². The molecule has 170 valence electrons. The van der Waals surface area contributed by atoms with E-state index in [-0.39, 0.29) is 41.8 Å². The van der Waals surface area contributed by atoms with E-state index in [1.165, 1.54) is 52.6 Å². The maximum absolute atomic E-state index is 13.6. The van der Waals surface area contributed by atoms with Crippen LogP contribution in [-0.4, -0.2) is 25.1 Å². The maximum Gasteiger partial charge on any atom is 0.229 e. The number of thiazole rings is 1. The van der Waals surface area contributed by atoms with Crippen LogP contribution in [0.25, 0.3) is 10.2 Å². The Labute approximate surface area is 200 Å². The number of rotatable bonds is 8. The fraction of sp³-hybridized carbons (Fsp3) is 0.167. The molecule has 0 saturated heterocycles. The molecule has 0 fully saturated rings. The second-order valence-electron chi connectivity index (χ2n) is 7.45. The Morgan fingerprint density at radius 3 is 2.48 bits per heavy atom. The number of carbonyl (C=O) groups is 1. The molecular formula is C24H20ClFN2O3S2. The molecule has 1 amide bonds. The zero-order valence-electron chi connectivity index (χ0n) is 17.4. The summed E-state index contributed by atoms with van der Waals surface area (Å²) in [4.78, 5) is 19.4. The van der Waals surface area contributed by atoms with Crippen LogP contribution in [0.4, 0.5) is 9.52 Å². The van der Waals surface area contributed by atoms with Crippen molar-refractivity contribution >= 4 is 54.0 Å².